The highest BCUT2D eigenvalue weighted by Gasteiger charge is 2.25. The number of rotatable bonds is 1. The Balaban J connectivity index is 2.51. The molecule has 0 aromatic heterocycles. The zero-order chi connectivity index (χ0) is 11.7. The second kappa shape index (κ2) is 4.09. The molecule has 16 heavy (non-hydrogen) atoms. The van der Waals surface area contributed by atoms with Gasteiger partial charge in [-0.15, -0.1) is 0 Å². The van der Waals surface area contributed by atoms with Gasteiger partial charge in [-0.2, -0.15) is 0 Å². The lowest BCUT2D eigenvalue weighted by atomic mass is 9.99. The summed E-state index contributed by atoms with van der Waals surface area (Å²) in [5, 5.41) is 0. The van der Waals surface area contributed by atoms with E-state index in [9.17, 15) is 9.18 Å². The Kier molecular flexibility index (Phi) is 2.78. The molecule has 2 rings (SSSR count). The number of benzene rings is 1. The van der Waals surface area contributed by atoms with Crippen LogP contribution in [0.4, 0.5) is 4.39 Å². The van der Waals surface area contributed by atoms with Crippen LogP contribution < -0.4 is 10.5 Å². The first-order chi connectivity index (χ1) is 7.65. The van der Waals surface area contributed by atoms with Gasteiger partial charge < -0.3 is 15.2 Å². The summed E-state index contributed by atoms with van der Waals surface area (Å²) in [5.41, 5.74) is 6.28. The lowest BCUT2D eigenvalue weighted by Gasteiger charge is -2.23. The van der Waals surface area contributed by atoms with Gasteiger partial charge in [-0.3, -0.25) is 0 Å². The number of fused-ring (bicyclic) bond motifs is 1. The fourth-order valence-electron chi connectivity index (χ4n) is 1.72. The number of methoxy groups -OCH3 is 1. The van der Waals surface area contributed by atoms with Crippen molar-refractivity contribution in [2.45, 2.75) is 12.5 Å². The zero-order valence-electron chi connectivity index (χ0n) is 8.83. The van der Waals surface area contributed by atoms with Gasteiger partial charge in [0.1, 0.15) is 0 Å². The highest BCUT2D eigenvalue weighted by molar-refractivity contribution is 5.90. The van der Waals surface area contributed by atoms with Crippen LogP contribution in [0.2, 0.25) is 0 Å². The van der Waals surface area contributed by atoms with Crippen LogP contribution >= 0.6 is 0 Å². The summed E-state index contributed by atoms with van der Waals surface area (Å²) >= 11 is 0. The minimum atomic E-state index is -0.719. The number of hydrogen-bond acceptors (Lipinski definition) is 4. The number of carbonyl (C=O) groups excluding carboxylic acids is 1. The standard InChI is InChI=1S/C11H12FNO3/c1-15-11(14)7-3-2-6-8(13)4-5-16-10(6)9(7)12/h2-3,8H,4-5,13H2,1H3/t8-/m0/s1. The van der Waals surface area contributed by atoms with Crippen LogP contribution in [0.5, 0.6) is 5.75 Å². The predicted molar refractivity (Wildman–Crippen MR) is 54.8 cm³/mol. The van der Waals surface area contributed by atoms with E-state index in [4.69, 9.17) is 10.5 Å². The van der Waals surface area contributed by atoms with E-state index < -0.39 is 11.8 Å². The van der Waals surface area contributed by atoms with Gasteiger partial charge in [0.25, 0.3) is 0 Å². The Bertz CT molecular complexity index is 433. The minimum Gasteiger partial charge on any atom is -0.490 e. The molecule has 0 amide bonds. The molecule has 0 saturated heterocycles. The number of carbonyl (C=O) groups is 1. The second-order valence-corrected chi connectivity index (χ2v) is 3.58. The van der Waals surface area contributed by atoms with Gasteiger partial charge in [-0.05, 0) is 6.07 Å². The van der Waals surface area contributed by atoms with Crippen molar-refractivity contribution in [2.75, 3.05) is 13.7 Å². The van der Waals surface area contributed by atoms with Gasteiger partial charge in [0.05, 0.1) is 19.3 Å². The fourth-order valence-corrected chi connectivity index (χ4v) is 1.72. The van der Waals surface area contributed by atoms with Gasteiger partial charge in [-0.1, -0.05) is 6.07 Å². The average molecular weight is 225 g/mol. The Labute approximate surface area is 92.1 Å². The van der Waals surface area contributed by atoms with Crippen LogP contribution in [0, 0.1) is 5.82 Å². The molecule has 86 valence electrons. The number of hydrogen-bond donors (Lipinski definition) is 1. The van der Waals surface area contributed by atoms with Crippen molar-refractivity contribution in [3.05, 3.63) is 29.1 Å². The summed E-state index contributed by atoms with van der Waals surface area (Å²) in [6.45, 7) is 0.357. The van der Waals surface area contributed by atoms with E-state index in [1.54, 1.807) is 6.07 Å². The van der Waals surface area contributed by atoms with Gasteiger partial charge in [0.2, 0.25) is 0 Å². The SMILES string of the molecule is COC(=O)c1ccc2c(c1F)OCC[C@@H]2N. The zero-order valence-corrected chi connectivity index (χ0v) is 8.83. The molecule has 0 saturated carbocycles. The molecular weight excluding hydrogens is 213 g/mol. The number of halogens is 1. The van der Waals surface area contributed by atoms with Crippen molar-refractivity contribution in [3.8, 4) is 5.75 Å². The first kappa shape index (κ1) is 10.9. The molecule has 1 aliphatic heterocycles. The Hall–Kier alpha value is -1.62. The van der Waals surface area contributed by atoms with E-state index >= 15 is 0 Å². The molecule has 0 unspecified atom stereocenters. The molecule has 1 heterocycles. The molecule has 0 bridgehead atoms. The number of ether oxygens (including phenoxy) is 2. The third kappa shape index (κ3) is 1.63. The molecule has 1 aliphatic rings. The normalized spacial score (nSPS) is 18.6. The third-order valence-corrected chi connectivity index (χ3v) is 2.61. The average Bonchev–Trinajstić information content (AvgIpc) is 2.30. The summed E-state index contributed by atoms with van der Waals surface area (Å²) in [6, 6.07) is 2.73. The molecule has 1 atom stereocenters. The number of nitrogens with two attached hydrogens (primary N) is 1. The van der Waals surface area contributed by atoms with Crippen LogP contribution in [0.15, 0.2) is 12.1 Å². The first-order valence-electron chi connectivity index (χ1n) is 4.94. The third-order valence-electron chi connectivity index (χ3n) is 2.61. The molecule has 5 heteroatoms. The molecule has 1 aromatic rings. The Morgan fingerprint density at radius 3 is 3.06 bits per heavy atom. The Morgan fingerprint density at radius 1 is 1.62 bits per heavy atom. The number of esters is 1. The van der Waals surface area contributed by atoms with Crippen LogP contribution in [0.3, 0.4) is 0 Å². The monoisotopic (exact) mass is 225 g/mol. The molecule has 0 fully saturated rings. The van der Waals surface area contributed by atoms with Crippen LogP contribution in [0.1, 0.15) is 28.4 Å². The van der Waals surface area contributed by atoms with Crippen molar-refractivity contribution in [1.29, 1.82) is 0 Å². The van der Waals surface area contributed by atoms with E-state index in [2.05, 4.69) is 4.74 Å². The van der Waals surface area contributed by atoms with E-state index in [0.717, 1.165) is 0 Å². The topological polar surface area (TPSA) is 61.5 Å². The van der Waals surface area contributed by atoms with Crippen molar-refractivity contribution in [1.82, 2.24) is 0 Å². The molecule has 2 N–H and O–H groups in total. The summed E-state index contributed by atoms with van der Waals surface area (Å²) in [5.74, 6) is -1.34. The van der Waals surface area contributed by atoms with Crippen molar-refractivity contribution >= 4 is 5.97 Å². The van der Waals surface area contributed by atoms with Gasteiger partial charge >= 0.3 is 5.97 Å². The lowest BCUT2D eigenvalue weighted by Crippen LogP contribution is -2.22. The maximum Gasteiger partial charge on any atom is 0.340 e. The van der Waals surface area contributed by atoms with E-state index in [-0.39, 0.29) is 17.4 Å². The highest BCUT2D eigenvalue weighted by atomic mass is 19.1. The van der Waals surface area contributed by atoms with Crippen molar-refractivity contribution in [3.63, 3.8) is 0 Å². The van der Waals surface area contributed by atoms with Gasteiger partial charge in [0, 0.05) is 18.0 Å². The van der Waals surface area contributed by atoms with Crippen molar-refractivity contribution in [2.24, 2.45) is 5.73 Å². The maximum absolute atomic E-state index is 13.9. The van der Waals surface area contributed by atoms with Crippen LogP contribution in [-0.4, -0.2) is 19.7 Å². The summed E-state index contributed by atoms with van der Waals surface area (Å²) < 4.78 is 23.6. The van der Waals surface area contributed by atoms with Crippen molar-refractivity contribution < 1.29 is 18.7 Å². The van der Waals surface area contributed by atoms with E-state index in [1.165, 1.54) is 13.2 Å². The second-order valence-electron chi connectivity index (χ2n) is 3.58. The predicted octanol–water partition coefficient (Wildman–Crippen LogP) is 1.39. The van der Waals surface area contributed by atoms with E-state index in [0.29, 0.717) is 18.6 Å². The fraction of sp³-hybridized carbons (Fsp3) is 0.364. The highest BCUT2D eigenvalue weighted by Crippen LogP contribution is 2.34. The first-order valence-corrected chi connectivity index (χ1v) is 4.94. The van der Waals surface area contributed by atoms with Gasteiger partial charge in [-0.25, -0.2) is 9.18 Å². The van der Waals surface area contributed by atoms with Crippen LogP contribution in [-0.2, 0) is 4.74 Å². The Morgan fingerprint density at radius 2 is 2.38 bits per heavy atom. The summed E-state index contributed by atoms with van der Waals surface area (Å²) in [7, 11) is 1.20. The minimum absolute atomic E-state index is 0.0710. The quantitative estimate of drug-likeness (QED) is 0.734. The van der Waals surface area contributed by atoms with Gasteiger partial charge in [0.15, 0.2) is 11.6 Å². The molecule has 0 spiro atoms. The molecule has 4 nitrogen and oxygen atoms in total. The lowest BCUT2D eigenvalue weighted by molar-refractivity contribution is 0.0594. The summed E-state index contributed by atoms with van der Waals surface area (Å²) in [4.78, 5) is 11.3. The molecule has 0 aliphatic carbocycles. The molecule has 1 aromatic carbocycles. The smallest absolute Gasteiger partial charge is 0.340 e. The largest absolute Gasteiger partial charge is 0.490 e. The molecule has 0 radical (unpaired) electrons. The van der Waals surface area contributed by atoms with E-state index in [1.807, 2.05) is 0 Å². The van der Waals surface area contributed by atoms with Crippen LogP contribution in [0.25, 0.3) is 0 Å². The maximum atomic E-state index is 13.9. The summed E-state index contributed by atoms with van der Waals surface area (Å²) in [6.07, 6.45) is 0.643. The molecular formula is C11H12FNO3.